The summed E-state index contributed by atoms with van der Waals surface area (Å²) in [7, 11) is 0. The SMILES string of the molecule is CSc1nc2nc(C)c(CC(=O)NCCOc3c(C)cccc3C)c(C)n2n1. The first-order valence-electron chi connectivity index (χ1n) is 9.13. The van der Waals surface area contributed by atoms with Crippen LogP contribution in [0.4, 0.5) is 0 Å². The normalized spacial score (nSPS) is 11.0. The molecule has 0 radical (unpaired) electrons. The van der Waals surface area contributed by atoms with Crippen molar-refractivity contribution in [3.8, 4) is 5.75 Å². The van der Waals surface area contributed by atoms with Crippen LogP contribution in [0, 0.1) is 27.7 Å². The lowest BCUT2D eigenvalue weighted by molar-refractivity contribution is -0.120. The highest BCUT2D eigenvalue weighted by atomic mass is 32.2. The van der Waals surface area contributed by atoms with Crippen molar-refractivity contribution >= 4 is 23.4 Å². The van der Waals surface area contributed by atoms with Crippen molar-refractivity contribution in [1.29, 1.82) is 0 Å². The van der Waals surface area contributed by atoms with Crippen LogP contribution >= 0.6 is 11.8 Å². The van der Waals surface area contributed by atoms with Crippen LogP contribution in [0.15, 0.2) is 23.4 Å². The lowest BCUT2D eigenvalue weighted by Crippen LogP contribution is -2.30. The van der Waals surface area contributed by atoms with E-state index >= 15 is 0 Å². The molecule has 0 aliphatic rings. The van der Waals surface area contributed by atoms with Crippen LogP contribution in [0.1, 0.15) is 28.1 Å². The molecular formula is C20H25N5O2S. The second kappa shape index (κ2) is 8.60. The monoisotopic (exact) mass is 399 g/mol. The molecule has 0 unspecified atom stereocenters. The van der Waals surface area contributed by atoms with E-state index in [0.29, 0.717) is 24.1 Å². The predicted octanol–water partition coefficient (Wildman–Crippen LogP) is 2.82. The number of nitrogens with one attached hydrogen (secondary N) is 1. The maximum Gasteiger partial charge on any atom is 0.253 e. The third kappa shape index (κ3) is 4.27. The standard InChI is InChI=1S/C20H25N5O2S/c1-12-7-6-8-13(2)18(12)27-10-9-21-17(26)11-16-14(3)22-19-23-20(28-5)24-25(19)15(16)4/h6-8H,9-11H2,1-5H3,(H,21,26). The number of amides is 1. The van der Waals surface area contributed by atoms with Crippen LogP contribution in [-0.2, 0) is 11.2 Å². The maximum atomic E-state index is 12.4. The third-order valence-corrected chi connectivity index (χ3v) is 5.17. The molecule has 0 bridgehead atoms. The Bertz CT molecular complexity index is 995. The van der Waals surface area contributed by atoms with Crippen molar-refractivity contribution in [2.45, 2.75) is 39.3 Å². The summed E-state index contributed by atoms with van der Waals surface area (Å²) in [5, 5.41) is 8.00. The molecule has 7 nitrogen and oxygen atoms in total. The zero-order valence-electron chi connectivity index (χ0n) is 16.9. The molecule has 28 heavy (non-hydrogen) atoms. The Morgan fingerprint density at radius 2 is 1.89 bits per heavy atom. The number of hydrogen-bond acceptors (Lipinski definition) is 6. The molecule has 1 N–H and O–H groups in total. The first-order valence-corrected chi connectivity index (χ1v) is 10.4. The van der Waals surface area contributed by atoms with Crippen molar-refractivity contribution in [3.63, 3.8) is 0 Å². The minimum absolute atomic E-state index is 0.0670. The average Bonchev–Trinajstić information content (AvgIpc) is 3.07. The first kappa shape index (κ1) is 20.1. The van der Waals surface area contributed by atoms with E-state index in [1.54, 1.807) is 4.52 Å². The van der Waals surface area contributed by atoms with Gasteiger partial charge in [-0.3, -0.25) is 4.79 Å². The number of nitrogens with zero attached hydrogens (tertiary/aromatic N) is 4. The smallest absolute Gasteiger partial charge is 0.253 e. The molecule has 0 spiro atoms. The van der Waals surface area contributed by atoms with Crippen LogP contribution in [0.5, 0.6) is 5.75 Å². The molecule has 0 aliphatic carbocycles. The summed E-state index contributed by atoms with van der Waals surface area (Å²) < 4.78 is 7.54. The van der Waals surface area contributed by atoms with Gasteiger partial charge >= 0.3 is 0 Å². The maximum absolute atomic E-state index is 12.4. The number of para-hydroxylation sites is 1. The summed E-state index contributed by atoms with van der Waals surface area (Å²) in [6.45, 7) is 8.73. The summed E-state index contributed by atoms with van der Waals surface area (Å²) in [6, 6.07) is 6.04. The van der Waals surface area contributed by atoms with Crippen molar-refractivity contribution in [2.75, 3.05) is 19.4 Å². The molecule has 0 fully saturated rings. The van der Waals surface area contributed by atoms with E-state index < -0.39 is 0 Å². The molecule has 2 aromatic heterocycles. The van der Waals surface area contributed by atoms with Crippen LogP contribution in [0.25, 0.3) is 5.78 Å². The van der Waals surface area contributed by atoms with E-state index in [1.165, 1.54) is 11.8 Å². The van der Waals surface area contributed by atoms with Crippen LogP contribution in [-0.4, -0.2) is 44.9 Å². The molecule has 2 heterocycles. The Kier molecular flexibility index (Phi) is 6.18. The van der Waals surface area contributed by atoms with E-state index in [1.807, 2.05) is 52.1 Å². The average molecular weight is 400 g/mol. The topological polar surface area (TPSA) is 81.4 Å². The van der Waals surface area contributed by atoms with Gasteiger partial charge in [-0.1, -0.05) is 30.0 Å². The van der Waals surface area contributed by atoms with Gasteiger partial charge in [0.25, 0.3) is 5.78 Å². The van der Waals surface area contributed by atoms with Crippen LogP contribution in [0.3, 0.4) is 0 Å². The molecule has 3 aromatic rings. The van der Waals surface area contributed by atoms with Crippen molar-refractivity contribution in [2.24, 2.45) is 0 Å². The third-order valence-electron chi connectivity index (χ3n) is 4.63. The van der Waals surface area contributed by atoms with Gasteiger partial charge in [0, 0.05) is 17.0 Å². The van der Waals surface area contributed by atoms with Gasteiger partial charge < -0.3 is 10.1 Å². The van der Waals surface area contributed by atoms with Gasteiger partial charge in [-0.25, -0.2) is 9.50 Å². The number of benzene rings is 1. The fraction of sp³-hybridized carbons (Fsp3) is 0.400. The zero-order chi connectivity index (χ0) is 20.3. The van der Waals surface area contributed by atoms with Gasteiger partial charge in [0.15, 0.2) is 0 Å². The molecule has 0 saturated carbocycles. The number of hydrogen-bond donors (Lipinski definition) is 1. The largest absolute Gasteiger partial charge is 0.491 e. The molecule has 3 rings (SSSR count). The number of carbonyl (C=O) groups excluding carboxylic acids is 1. The highest BCUT2D eigenvalue weighted by Crippen LogP contribution is 2.22. The highest BCUT2D eigenvalue weighted by Gasteiger charge is 2.15. The van der Waals surface area contributed by atoms with Gasteiger partial charge in [0.05, 0.1) is 13.0 Å². The number of carbonyl (C=O) groups is 1. The van der Waals surface area contributed by atoms with Gasteiger partial charge in [-0.05, 0) is 45.1 Å². The van der Waals surface area contributed by atoms with E-state index in [0.717, 1.165) is 33.8 Å². The van der Waals surface area contributed by atoms with Crippen molar-refractivity contribution in [1.82, 2.24) is 24.9 Å². The Morgan fingerprint density at radius 3 is 2.57 bits per heavy atom. The zero-order valence-corrected chi connectivity index (χ0v) is 17.7. The summed E-state index contributed by atoms with van der Waals surface area (Å²) in [5.74, 6) is 1.38. The fourth-order valence-electron chi connectivity index (χ4n) is 3.13. The van der Waals surface area contributed by atoms with Crippen LogP contribution in [0.2, 0.25) is 0 Å². The van der Waals surface area contributed by atoms with E-state index in [-0.39, 0.29) is 12.3 Å². The number of thioether (sulfide) groups is 1. The van der Waals surface area contributed by atoms with Gasteiger partial charge in [0.2, 0.25) is 11.1 Å². The Balaban J connectivity index is 1.60. The number of rotatable bonds is 7. The highest BCUT2D eigenvalue weighted by molar-refractivity contribution is 7.98. The van der Waals surface area contributed by atoms with Gasteiger partial charge in [-0.15, -0.1) is 5.10 Å². The number of aryl methyl sites for hydroxylation is 4. The van der Waals surface area contributed by atoms with E-state index in [4.69, 9.17) is 4.74 Å². The van der Waals surface area contributed by atoms with Crippen molar-refractivity contribution in [3.05, 3.63) is 46.3 Å². The summed E-state index contributed by atoms with van der Waals surface area (Å²) >= 11 is 1.47. The lowest BCUT2D eigenvalue weighted by Gasteiger charge is -2.13. The lowest BCUT2D eigenvalue weighted by atomic mass is 10.1. The van der Waals surface area contributed by atoms with Crippen molar-refractivity contribution < 1.29 is 9.53 Å². The molecule has 1 aromatic carbocycles. The second-order valence-corrected chi connectivity index (χ2v) is 7.44. The summed E-state index contributed by atoms with van der Waals surface area (Å²) in [6.07, 6.45) is 2.17. The fourth-order valence-corrected chi connectivity index (χ4v) is 3.46. The van der Waals surface area contributed by atoms with Gasteiger partial charge in [-0.2, -0.15) is 4.98 Å². The number of fused-ring (bicyclic) bond motifs is 1. The molecular weight excluding hydrogens is 374 g/mol. The summed E-state index contributed by atoms with van der Waals surface area (Å²) in [4.78, 5) is 21.3. The minimum atomic E-state index is -0.0670. The Labute approximate surface area is 168 Å². The van der Waals surface area contributed by atoms with Crippen LogP contribution < -0.4 is 10.1 Å². The Hall–Kier alpha value is -2.61. The molecule has 0 atom stereocenters. The van der Waals surface area contributed by atoms with E-state index in [2.05, 4.69) is 20.4 Å². The minimum Gasteiger partial charge on any atom is -0.491 e. The van der Waals surface area contributed by atoms with E-state index in [9.17, 15) is 4.79 Å². The predicted molar refractivity (Wildman–Crippen MR) is 110 cm³/mol. The Morgan fingerprint density at radius 1 is 1.18 bits per heavy atom. The summed E-state index contributed by atoms with van der Waals surface area (Å²) in [5.41, 5.74) is 4.74. The molecule has 0 aliphatic heterocycles. The number of ether oxygens (including phenoxy) is 1. The molecule has 148 valence electrons. The second-order valence-electron chi connectivity index (χ2n) is 6.67. The first-order chi connectivity index (χ1) is 13.4. The molecule has 8 heteroatoms. The number of aromatic nitrogens is 4. The molecule has 1 amide bonds. The van der Waals surface area contributed by atoms with Gasteiger partial charge in [0.1, 0.15) is 12.4 Å². The quantitative estimate of drug-likeness (QED) is 0.486. The molecule has 0 saturated heterocycles.